The Bertz CT molecular complexity index is 490. The van der Waals surface area contributed by atoms with E-state index in [4.69, 9.17) is 10.00 Å². The van der Waals surface area contributed by atoms with Crippen molar-refractivity contribution in [1.29, 1.82) is 5.26 Å². The molecule has 1 heterocycles. The Hall–Kier alpha value is -1.86. The van der Waals surface area contributed by atoms with E-state index in [2.05, 4.69) is 6.07 Å². The number of nitrogens with zero attached hydrogens (tertiary/aromatic N) is 2. The summed E-state index contributed by atoms with van der Waals surface area (Å²) in [6.07, 6.45) is 1.68. The quantitative estimate of drug-likeness (QED) is 0.836. The number of hydrogen-bond acceptors (Lipinski definition) is 3. The van der Waals surface area contributed by atoms with Crippen molar-refractivity contribution < 1.29 is 9.53 Å². The molecule has 1 aromatic rings. The topological polar surface area (TPSA) is 53.3 Å². The lowest BCUT2D eigenvalue weighted by atomic mass is 9.98. The van der Waals surface area contributed by atoms with Gasteiger partial charge < -0.3 is 9.64 Å². The van der Waals surface area contributed by atoms with Gasteiger partial charge in [0.1, 0.15) is 0 Å². The van der Waals surface area contributed by atoms with Crippen LogP contribution in [0.4, 0.5) is 5.69 Å². The molecule has 4 nitrogen and oxygen atoms in total. The molecule has 0 radical (unpaired) electrons. The lowest BCUT2D eigenvalue weighted by Gasteiger charge is -2.23. The van der Waals surface area contributed by atoms with Crippen molar-refractivity contribution in [3.8, 4) is 6.07 Å². The lowest BCUT2D eigenvalue weighted by Crippen LogP contribution is -2.36. The van der Waals surface area contributed by atoms with E-state index in [-0.39, 0.29) is 17.9 Å². The van der Waals surface area contributed by atoms with Crippen molar-refractivity contribution in [2.75, 3.05) is 18.6 Å². The molecule has 0 N–H and O–H groups in total. The molecule has 1 aliphatic rings. The number of carbonyl (C=O) groups is 1. The van der Waals surface area contributed by atoms with Crippen LogP contribution in [0.1, 0.15) is 25.3 Å². The summed E-state index contributed by atoms with van der Waals surface area (Å²) in [6, 6.07) is 9.12. The average molecular weight is 258 g/mol. The summed E-state index contributed by atoms with van der Waals surface area (Å²) in [4.78, 5) is 14.1. The minimum atomic E-state index is -0.0503. The Morgan fingerprint density at radius 3 is 2.74 bits per heavy atom. The summed E-state index contributed by atoms with van der Waals surface area (Å²) in [5.41, 5.74) is 1.41. The third kappa shape index (κ3) is 2.77. The normalized spacial score (nSPS) is 21.9. The van der Waals surface area contributed by atoms with Gasteiger partial charge in [-0.15, -0.1) is 0 Å². The smallest absolute Gasteiger partial charge is 0.232 e. The first-order chi connectivity index (χ1) is 9.17. The lowest BCUT2D eigenvalue weighted by molar-refractivity contribution is -0.123. The van der Waals surface area contributed by atoms with Gasteiger partial charge in [0, 0.05) is 19.3 Å². The summed E-state index contributed by atoms with van der Waals surface area (Å²) in [6.45, 7) is 2.70. The number of carbonyl (C=O) groups excluding carboxylic acids is 1. The monoisotopic (exact) mass is 258 g/mol. The molecule has 2 unspecified atom stereocenters. The molecule has 100 valence electrons. The van der Waals surface area contributed by atoms with Gasteiger partial charge >= 0.3 is 0 Å². The Morgan fingerprint density at radius 1 is 1.47 bits per heavy atom. The fourth-order valence-electron chi connectivity index (χ4n) is 2.47. The molecule has 4 heteroatoms. The average Bonchev–Trinajstić information content (AvgIpc) is 2.94. The molecular weight excluding hydrogens is 240 g/mol. The first-order valence-corrected chi connectivity index (χ1v) is 6.56. The van der Waals surface area contributed by atoms with Crippen LogP contribution in [0.3, 0.4) is 0 Å². The van der Waals surface area contributed by atoms with Crippen LogP contribution in [0.5, 0.6) is 0 Å². The van der Waals surface area contributed by atoms with Crippen LogP contribution < -0.4 is 4.90 Å². The number of ether oxygens (including phenoxy) is 1. The fourth-order valence-corrected chi connectivity index (χ4v) is 2.47. The highest BCUT2D eigenvalue weighted by molar-refractivity contribution is 5.95. The first kappa shape index (κ1) is 13.6. The maximum Gasteiger partial charge on any atom is 0.232 e. The second-order valence-corrected chi connectivity index (χ2v) is 4.77. The summed E-state index contributed by atoms with van der Waals surface area (Å²) < 4.78 is 5.57. The van der Waals surface area contributed by atoms with Crippen LogP contribution in [0.15, 0.2) is 24.3 Å². The Balaban J connectivity index is 2.12. The molecule has 0 spiro atoms. The molecule has 1 saturated heterocycles. The molecule has 0 aliphatic carbocycles. The summed E-state index contributed by atoms with van der Waals surface area (Å²) in [5, 5.41) is 8.77. The van der Waals surface area contributed by atoms with Gasteiger partial charge in [-0.3, -0.25) is 4.79 Å². The number of benzene rings is 1. The van der Waals surface area contributed by atoms with E-state index in [0.717, 1.165) is 18.5 Å². The third-order valence-electron chi connectivity index (χ3n) is 3.64. The van der Waals surface area contributed by atoms with Crippen LogP contribution in [0, 0.1) is 17.2 Å². The Morgan fingerprint density at radius 2 is 2.16 bits per heavy atom. The van der Waals surface area contributed by atoms with Crippen molar-refractivity contribution in [2.24, 2.45) is 5.92 Å². The molecule has 1 aromatic carbocycles. The minimum absolute atomic E-state index is 0.0355. The maximum absolute atomic E-state index is 12.5. The van der Waals surface area contributed by atoms with Crippen molar-refractivity contribution >= 4 is 11.6 Å². The Labute approximate surface area is 113 Å². The second kappa shape index (κ2) is 5.85. The molecule has 1 fully saturated rings. The zero-order chi connectivity index (χ0) is 13.8. The van der Waals surface area contributed by atoms with Crippen LogP contribution in [-0.2, 0) is 9.53 Å². The molecule has 0 saturated carbocycles. The van der Waals surface area contributed by atoms with E-state index in [1.54, 1.807) is 36.2 Å². The predicted octanol–water partition coefficient (Wildman–Crippen LogP) is 2.34. The van der Waals surface area contributed by atoms with Crippen molar-refractivity contribution in [1.82, 2.24) is 0 Å². The first-order valence-electron chi connectivity index (χ1n) is 6.56. The van der Waals surface area contributed by atoms with E-state index in [1.165, 1.54) is 0 Å². The second-order valence-electron chi connectivity index (χ2n) is 4.77. The number of anilines is 1. The highest BCUT2D eigenvalue weighted by Gasteiger charge is 2.34. The SMILES string of the molecule is CCC1OCCC1C(=O)N(C)c1ccc(C#N)cc1. The highest BCUT2D eigenvalue weighted by Crippen LogP contribution is 2.27. The van der Waals surface area contributed by atoms with E-state index >= 15 is 0 Å². The molecule has 0 bridgehead atoms. The summed E-state index contributed by atoms with van der Waals surface area (Å²) in [5.74, 6) is 0.0414. The van der Waals surface area contributed by atoms with Crippen LogP contribution >= 0.6 is 0 Å². The van der Waals surface area contributed by atoms with Crippen molar-refractivity contribution in [3.63, 3.8) is 0 Å². The predicted molar refractivity (Wildman–Crippen MR) is 72.7 cm³/mol. The van der Waals surface area contributed by atoms with Gasteiger partial charge in [-0.25, -0.2) is 0 Å². The van der Waals surface area contributed by atoms with Crippen LogP contribution in [-0.4, -0.2) is 25.7 Å². The number of hydrogen-bond donors (Lipinski definition) is 0. The third-order valence-corrected chi connectivity index (χ3v) is 3.64. The summed E-state index contributed by atoms with van der Waals surface area (Å²) >= 11 is 0. The van der Waals surface area contributed by atoms with E-state index < -0.39 is 0 Å². The highest BCUT2D eigenvalue weighted by atomic mass is 16.5. The van der Waals surface area contributed by atoms with E-state index in [1.807, 2.05) is 6.92 Å². The molecular formula is C15H18N2O2. The van der Waals surface area contributed by atoms with Gasteiger partial charge in [-0.2, -0.15) is 5.26 Å². The van der Waals surface area contributed by atoms with Crippen LogP contribution in [0.25, 0.3) is 0 Å². The number of nitriles is 1. The molecule has 1 amide bonds. The van der Waals surface area contributed by atoms with Gasteiger partial charge in [0.05, 0.1) is 23.7 Å². The summed E-state index contributed by atoms with van der Waals surface area (Å²) in [7, 11) is 1.77. The molecule has 0 aromatic heterocycles. The number of amides is 1. The van der Waals surface area contributed by atoms with Gasteiger partial charge in [-0.1, -0.05) is 6.92 Å². The molecule has 2 atom stereocenters. The van der Waals surface area contributed by atoms with Crippen molar-refractivity contribution in [2.45, 2.75) is 25.9 Å². The largest absolute Gasteiger partial charge is 0.377 e. The van der Waals surface area contributed by atoms with E-state index in [0.29, 0.717) is 12.2 Å². The maximum atomic E-state index is 12.5. The molecule has 1 aliphatic heterocycles. The van der Waals surface area contributed by atoms with Gasteiger partial charge in [-0.05, 0) is 37.1 Å². The molecule has 2 rings (SSSR count). The van der Waals surface area contributed by atoms with Crippen molar-refractivity contribution in [3.05, 3.63) is 29.8 Å². The van der Waals surface area contributed by atoms with Gasteiger partial charge in [0.15, 0.2) is 0 Å². The zero-order valence-electron chi connectivity index (χ0n) is 11.3. The Kier molecular flexibility index (Phi) is 4.18. The van der Waals surface area contributed by atoms with E-state index in [9.17, 15) is 4.79 Å². The zero-order valence-corrected chi connectivity index (χ0v) is 11.3. The van der Waals surface area contributed by atoms with Gasteiger partial charge in [0.25, 0.3) is 0 Å². The minimum Gasteiger partial charge on any atom is -0.377 e. The standard InChI is InChI=1S/C15H18N2O2/c1-3-14-13(8-9-19-14)15(18)17(2)12-6-4-11(10-16)5-7-12/h4-7,13-14H,3,8-9H2,1-2H3. The fraction of sp³-hybridized carbons (Fsp3) is 0.467. The van der Waals surface area contributed by atoms with Gasteiger partial charge in [0.2, 0.25) is 5.91 Å². The molecule has 19 heavy (non-hydrogen) atoms. The number of rotatable bonds is 3. The van der Waals surface area contributed by atoms with Crippen LogP contribution in [0.2, 0.25) is 0 Å².